The van der Waals surface area contributed by atoms with Gasteiger partial charge < -0.3 is 20.1 Å². The lowest BCUT2D eigenvalue weighted by Gasteiger charge is -2.42. The number of carboxylic acids is 1. The van der Waals surface area contributed by atoms with Crippen LogP contribution in [0.15, 0.2) is 48.5 Å². The minimum Gasteiger partial charge on any atom is -0.481 e. The first-order valence-electron chi connectivity index (χ1n) is 12.4. The minimum absolute atomic E-state index is 0.0211. The number of nitrogens with one attached hydrogen (secondary N) is 1. The first-order valence-corrected chi connectivity index (χ1v) is 12.4. The van der Waals surface area contributed by atoms with E-state index in [-0.39, 0.29) is 37.4 Å². The van der Waals surface area contributed by atoms with Gasteiger partial charge in [-0.2, -0.15) is 0 Å². The van der Waals surface area contributed by atoms with Crippen LogP contribution in [0.5, 0.6) is 0 Å². The fourth-order valence-corrected chi connectivity index (χ4v) is 5.88. The van der Waals surface area contributed by atoms with Crippen LogP contribution in [0.1, 0.15) is 50.2 Å². The summed E-state index contributed by atoms with van der Waals surface area (Å²) in [5.74, 6) is -1.08. The molecule has 0 spiro atoms. The van der Waals surface area contributed by atoms with E-state index in [1.165, 1.54) is 11.1 Å². The van der Waals surface area contributed by atoms with E-state index in [2.05, 4.69) is 29.6 Å². The predicted molar refractivity (Wildman–Crippen MR) is 131 cm³/mol. The number of carbonyl (C=O) groups excluding carboxylic acids is 2. The number of carbonyl (C=O) groups is 3. The molecule has 2 aliphatic carbocycles. The number of amides is 2. The maximum absolute atomic E-state index is 13.4. The third-order valence-electron chi connectivity index (χ3n) is 8.56. The molecule has 7 heteroatoms. The molecule has 2 aromatic carbocycles. The van der Waals surface area contributed by atoms with Gasteiger partial charge in [-0.1, -0.05) is 61.9 Å². The van der Waals surface area contributed by atoms with Gasteiger partial charge in [0.15, 0.2) is 0 Å². The molecule has 1 heterocycles. The van der Waals surface area contributed by atoms with E-state index < -0.39 is 22.9 Å². The largest absolute Gasteiger partial charge is 0.481 e. The van der Waals surface area contributed by atoms with Crippen molar-refractivity contribution < 1.29 is 24.2 Å². The molecule has 184 valence electrons. The Morgan fingerprint density at radius 3 is 2.17 bits per heavy atom. The van der Waals surface area contributed by atoms with Crippen molar-refractivity contribution >= 4 is 18.0 Å². The lowest BCUT2D eigenvalue weighted by molar-refractivity contribution is -0.150. The van der Waals surface area contributed by atoms with Crippen LogP contribution in [-0.4, -0.2) is 54.2 Å². The lowest BCUT2D eigenvalue weighted by Crippen LogP contribution is -2.53. The average molecular weight is 477 g/mol. The maximum Gasteiger partial charge on any atom is 0.407 e. The van der Waals surface area contributed by atoms with Gasteiger partial charge in [0.1, 0.15) is 6.61 Å². The van der Waals surface area contributed by atoms with Crippen molar-refractivity contribution in [3.05, 3.63) is 59.7 Å². The molecule has 3 aliphatic rings. The first-order chi connectivity index (χ1) is 16.7. The third-order valence-corrected chi connectivity index (χ3v) is 8.56. The normalized spacial score (nSPS) is 24.3. The van der Waals surface area contributed by atoms with Crippen molar-refractivity contribution in [2.45, 2.75) is 39.0 Å². The number of carboxylic acid groups (broad SMARTS) is 1. The highest BCUT2D eigenvalue weighted by molar-refractivity contribution is 5.86. The Bertz CT molecular complexity index is 1130. The average Bonchev–Trinajstić information content (AvgIpc) is 3.32. The van der Waals surface area contributed by atoms with Gasteiger partial charge in [0.25, 0.3) is 0 Å². The molecule has 2 amide bonds. The standard InChI is InChI=1S/C28H32N2O5/c1-18-14-30(17-27(18,2)25(32)33)24(31)28(12-7-13-28)16-29-26(34)35-15-23-21-10-5-3-8-19(21)20-9-4-6-11-22(20)23/h3-6,8-11,18,23H,7,12-17H2,1-2H3,(H,29,34)(H,32,33)/t18-,27-/m0/s1. The van der Waals surface area contributed by atoms with Crippen molar-refractivity contribution in [2.75, 3.05) is 26.2 Å². The molecule has 0 aromatic heterocycles. The second-order valence-corrected chi connectivity index (χ2v) is 10.6. The molecule has 1 saturated heterocycles. The van der Waals surface area contributed by atoms with Crippen LogP contribution in [0, 0.1) is 16.7 Å². The number of hydrogen-bond acceptors (Lipinski definition) is 4. The number of nitrogens with zero attached hydrogens (tertiary/aromatic N) is 1. The van der Waals surface area contributed by atoms with Crippen LogP contribution in [0.25, 0.3) is 11.1 Å². The van der Waals surface area contributed by atoms with Crippen molar-refractivity contribution in [1.29, 1.82) is 0 Å². The monoisotopic (exact) mass is 476 g/mol. The smallest absolute Gasteiger partial charge is 0.407 e. The molecule has 2 fully saturated rings. The Kier molecular flexibility index (Phi) is 5.82. The molecule has 0 unspecified atom stereocenters. The van der Waals surface area contributed by atoms with Crippen LogP contribution in [0.2, 0.25) is 0 Å². The zero-order chi connectivity index (χ0) is 24.8. The number of ether oxygens (including phenoxy) is 1. The molecule has 0 radical (unpaired) electrons. The first kappa shape index (κ1) is 23.4. The number of hydrogen-bond donors (Lipinski definition) is 2. The Balaban J connectivity index is 1.21. The van der Waals surface area contributed by atoms with Gasteiger partial charge in [-0.05, 0) is 47.9 Å². The molecule has 35 heavy (non-hydrogen) atoms. The quantitative estimate of drug-likeness (QED) is 0.649. The van der Waals surface area contributed by atoms with Crippen molar-refractivity contribution in [1.82, 2.24) is 10.2 Å². The number of rotatable bonds is 6. The van der Waals surface area contributed by atoms with Gasteiger partial charge in [0, 0.05) is 25.6 Å². The Labute approximate surface area is 205 Å². The van der Waals surface area contributed by atoms with Crippen LogP contribution >= 0.6 is 0 Å². The van der Waals surface area contributed by atoms with E-state index in [9.17, 15) is 19.5 Å². The predicted octanol–water partition coefficient (Wildman–Crippen LogP) is 4.26. The van der Waals surface area contributed by atoms with E-state index in [1.807, 2.05) is 31.2 Å². The molecule has 0 bridgehead atoms. The Morgan fingerprint density at radius 1 is 1.06 bits per heavy atom. The Morgan fingerprint density at radius 2 is 1.66 bits per heavy atom. The number of aliphatic carboxylic acids is 1. The Hall–Kier alpha value is -3.35. The highest BCUT2D eigenvalue weighted by Crippen LogP contribution is 2.46. The molecule has 1 aliphatic heterocycles. The molecule has 1 saturated carbocycles. The van der Waals surface area contributed by atoms with Gasteiger partial charge in [-0.15, -0.1) is 0 Å². The van der Waals surface area contributed by atoms with Crippen LogP contribution < -0.4 is 5.32 Å². The number of fused-ring (bicyclic) bond motifs is 3. The summed E-state index contributed by atoms with van der Waals surface area (Å²) in [5.41, 5.74) is 3.03. The summed E-state index contributed by atoms with van der Waals surface area (Å²) in [5, 5.41) is 12.5. The number of likely N-dealkylation sites (tertiary alicyclic amines) is 1. The van der Waals surface area contributed by atoms with E-state index in [4.69, 9.17) is 4.74 Å². The fraction of sp³-hybridized carbons (Fsp3) is 0.464. The molecule has 2 atom stereocenters. The van der Waals surface area contributed by atoms with Gasteiger partial charge in [-0.25, -0.2) is 4.79 Å². The van der Waals surface area contributed by atoms with E-state index in [0.717, 1.165) is 17.5 Å². The second-order valence-electron chi connectivity index (χ2n) is 10.6. The summed E-state index contributed by atoms with van der Waals surface area (Å²) in [7, 11) is 0. The summed E-state index contributed by atoms with van der Waals surface area (Å²) in [6.45, 7) is 4.64. The van der Waals surface area contributed by atoms with Gasteiger partial charge >= 0.3 is 12.1 Å². The second kappa shape index (κ2) is 8.70. The maximum atomic E-state index is 13.4. The van der Waals surface area contributed by atoms with Crippen LogP contribution in [0.4, 0.5) is 4.79 Å². The number of alkyl carbamates (subject to hydrolysis) is 1. The number of benzene rings is 2. The SMILES string of the molecule is C[C@H]1CN(C(=O)C2(CNC(=O)OCC3c4ccccc4-c4ccccc43)CCC2)C[C@]1(C)C(=O)O. The van der Waals surface area contributed by atoms with Crippen LogP contribution in [0.3, 0.4) is 0 Å². The summed E-state index contributed by atoms with van der Waals surface area (Å²) < 4.78 is 5.64. The highest BCUT2D eigenvalue weighted by Gasteiger charge is 2.53. The fourth-order valence-electron chi connectivity index (χ4n) is 5.88. The summed E-state index contributed by atoms with van der Waals surface area (Å²) in [4.78, 5) is 39.5. The minimum atomic E-state index is -0.944. The molecular formula is C28H32N2O5. The lowest BCUT2D eigenvalue weighted by atomic mass is 9.67. The zero-order valence-electron chi connectivity index (χ0n) is 20.3. The molecule has 5 rings (SSSR count). The highest BCUT2D eigenvalue weighted by atomic mass is 16.5. The van der Waals surface area contributed by atoms with Gasteiger partial charge in [0.2, 0.25) is 5.91 Å². The van der Waals surface area contributed by atoms with E-state index in [0.29, 0.717) is 19.4 Å². The van der Waals surface area contributed by atoms with Gasteiger partial charge in [-0.3, -0.25) is 9.59 Å². The van der Waals surface area contributed by atoms with Gasteiger partial charge in [0.05, 0.1) is 10.8 Å². The molecule has 7 nitrogen and oxygen atoms in total. The van der Waals surface area contributed by atoms with Crippen LogP contribution in [-0.2, 0) is 14.3 Å². The molecule has 2 aromatic rings. The van der Waals surface area contributed by atoms with Crippen molar-refractivity contribution in [2.24, 2.45) is 16.7 Å². The van der Waals surface area contributed by atoms with Crippen molar-refractivity contribution in [3.63, 3.8) is 0 Å². The molecule has 2 N–H and O–H groups in total. The van der Waals surface area contributed by atoms with E-state index >= 15 is 0 Å². The van der Waals surface area contributed by atoms with Crippen molar-refractivity contribution in [3.8, 4) is 11.1 Å². The summed E-state index contributed by atoms with van der Waals surface area (Å²) >= 11 is 0. The summed E-state index contributed by atoms with van der Waals surface area (Å²) in [6, 6.07) is 16.4. The topological polar surface area (TPSA) is 95.9 Å². The third kappa shape index (κ3) is 3.87. The van der Waals surface area contributed by atoms with E-state index in [1.54, 1.807) is 11.8 Å². The molecular weight excluding hydrogens is 444 g/mol. The zero-order valence-corrected chi connectivity index (χ0v) is 20.3. The summed E-state index contributed by atoms with van der Waals surface area (Å²) in [6.07, 6.45) is 1.75.